The maximum absolute atomic E-state index is 8.67. The average molecular weight is 245 g/mol. The molecule has 94 valence electrons. The van der Waals surface area contributed by atoms with Crippen LogP contribution in [-0.4, -0.2) is 38.9 Å². The summed E-state index contributed by atoms with van der Waals surface area (Å²) in [6.07, 6.45) is 3.18. The smallest absolute Gasteiger partial charge is 0.137 e. The number of aromatic nitrogens is 3. The fraction of sp³-hybridized carbons (Fsp3) is 0.250. The van der Waals surface area contributed by atoms with Crippen molar-refractivity contribution in [3.8, 4) is 0 Å². The molecule has 0 saturated heterocycles. The lowest BCUT2D eigenvalue weighted by atomic mass is 10.1. The van der Waals surface area contributed by atoms with Crippen molar-refractivity contribution in [3.05, 3.63) is 48.0 Å². The lowest BCUT2D eigenvalue weighted by molar-refractivity contribution is 0.307. The summed E-state index contributed by atoms with van der Waals surface area (Å²) in [7, 11) is 0. The Morgan fingerprint density at radius 2 is 2.11 bits per heavy atom. The van der Waals surface area contributed by atoms with Gasteiger partial charge in [-0.25, -0.2) is 9.67 Å². The molecule has 6 nitrogen and oxygen atoms in total. The van der Waals surface area contributed by atoms with Crippen LogP contribution in [0.5, 0.6) is 0 Å². The van der Waals surface area contributed by atoms with Crippen molar-refractivity contribution in [1.82, 2.24) is 14.8 Å². The van der Waals surface area contributed by atoms with E-state index >= 15 is 0 Å². The van der Waals surface area contributed by atoms with E-state index < -0.39 is 0 Å². The minimum absolute atomic E-state index is 0.00504. The predicted molar refractivity (Wildman–Crippen MR) is 68.2 cm³/mol. The Kier molecular flexibility index (Phi) is 4.03. The van der Waals surface area contributed by atoms with Gasteiger partial charge >= 0.3 is 0 Å². The maximum atomic E-state index is 8.67. The van der Waals surface area contributed by atoms with Crippen LogP contribution in [-0.2, 0) is 6.54 Å². The fourth-order valence-corrected chi connectivity index (χ4v) is 1.54. The Morgan fingerprint density at radius 1 is 1.33 bits per heavy atom. The summed E-state index contributed by atoms with van der Waals surface area (Å²) in [5.41, 5.74) is 7.74. The zero-order valence-corrected chi connectivity index (χ0v) is 9.90. The lowest BCUT2D eigenvalue weighted by Gasteiger charge is -2.04. The Balaban J connectivity index is 2.05. The van der Waals surface area contributed by atoms with E-state index in [9.17, 15) is 0 Å². The third-order valence-corrected chi connectivity index (χ3v) is 2.44. The van der Waals surface area contributed by atoms with Gasteiger partial charge in [-0.15, -0.1) is 0 Å². The quantitative estimate of drug-likeness (QED) is 0.574. The van der Waals surface area contributed by atoms with Crippen LogP contribution >= 0.6 is 0 Å². The molecule has 0 saturated carbocycles. The van der Waals surface area contributed by atoms with Gasteiger partial charge in [0, 0.05) is 5.56 Å². The van der Waals surface area contributed by atoms with E-state index in [0.717, 1.165) is 11.1 Å². The van der Waals surface area contributed by atoms with Crippen LogP contribution in [0, 0.1) is 0 Å². The first-order valence-corrected chi connectivity index (χ1v) is 5.62. The number of benzene rings is 1. The number of nitrogens with two attached hydrogens (primary N) is 1. The van der Waals surface area contributed by atoms with Crippen LogP contribution in [0.2, 0.25) is 0 Å². The Labute approximate surface area is 105 Å². The molecule has 1 aromatic carbocycles. The second-order valence-electron chi connectivity index (χ2n) is 3.78. The largest absolute Gasteiger partial charge is 0.394 e. The monoisotopic (exact) mass is 245 g/mol. The summed E-state index contributed by atoms with van der Waals surface area (Å²) >= 11 is 0. The van der Waals surface area contributed by atoms with Crippen molar-refractivity contribution < 1.29 is 5.11 Å². The molecule has 0 radical (unpaired) electrons. The average Bonchev–Trinajstić information content (AvgIpc) is 2.89. The van der Waals surface area contributed by atoms with Gasteiger partial charge in [0.05, 0.1) is 19.7 Å². The molecule has 2 rings (SSSR count). The van der Waals surface area contributed by atoms with Crippen LogP contribution in [0.3, 0.4) is 0 Å². The summed E-state index contributed by atoms with van der Waals surface area (Å²) in [5, 5.41) is 12.7. The van der Waals surface area contributed by atoms with E-state index in [4.69, 9.17) is 10.8 Å². The fourth-order valence-electron chi connectivity index (χ4n) is 1.54. The van der Waals surface area contributed by atoms with E-state index in [-0.39, 0.29) is 6.61 Å². The molecule has 0 amide bonds. The minimum atomic E-state index is 0.00504. The first kappa shape index (κ1) is 12.3. The van der Waals surface area contributed by atoms with Gasteiger partial charge in [0.15, 0.2) is 0 Å². The molecule has 0 atom stereocenters. The molecular formula is C12H15N5O. The van der Waals surface area contributed by atoms with Crippen LogP contribution in [0.4, 0.5) is 0 Å². The van der Waals surface area contributed by atoms with Gasteiger partial charge in [-0.1, -0.05) is 24.3 Å². The molecule has 2 aromatic rings. The van der Waals surface area contributed by atoms with Gasteiger partial charge in [-0.2, -0.15) is 5.10 Å². The number of aliphatic hydroxyl groups is 1. The zero-order chi connectivity index (χ0) is 12.8. The van der Waals surface area contributed by atoms with Crippen LogP contribution in [0.25, 0.3) is 0 Å². The standard InChI is InChI=1S/C12H15N5O/c13-12(15-5-6-18)11-3-1-10(2-4-11)7-17-9-14-8-16-17/h1-4,8-9,18H,5-7H2,(H2,13,15). The Hall–Kier alpha value is -2.21. The second kappa shape index (κ2) is 5.92. The first-order valence-electron chi connectivity index (χ1n) is 5.62. The molecule has 0 fully saturated rings. The van der Waals surface area contributed by atoms with Gasteiger partial charge in [-0.05, 0) is 5.56 Å². The number of aliphatic hydroxyl groups excluding tert-OH is 1. The SMILES string of the molecule is NC(=NCCO)c1ccc(Cn2cncn2)cc1. The van der Waals surface area contributed by atoms with Crippen molar-refractivity contribution in [2.24, 2.45) is 10.7 Å². The minimum Gasteiger partial charge on any atom is -0.394 e. The Morgan fingerprint density at radius 3 is 2.72 bits per heavy atom. The van der Waals surface area contributed by atoms with Gasteiger partial charge in [0.1, 0.15) is 18.5 Å². The normalized spacial score (nSPS) is 11.7. The molecular weight excluding hydrogens is 230 g/mol. The van der Waals surface area contributed by atoms with E-state index in [1.54, 1.807) is 11.0 Å². The van der Waals surface area contributed by atoms with Crippen molar-refractivity contribution in [3.63, 3.8) is 0 Å². The highest BCUT2D eigenvalue weighted by atomic mass is 16.3. The molecule has 1 aromatic heterocycles. The number of aliphatic imine (C=N–C) groups is 1. The van der Waals surface area contributed by atoms with Gasteiger partial charge in [0.25, 0.3) is 0 Å². The Bertz CT molecular complexity index is 504. The van der Waals surface area contributed by atoms with Crippen molar-refractivity contribution in [2.75, 3.05) is 13.2 Å². The van der Waals surface area contributed by atoms with E-state index in [2.05, 4.69) is 15.1 Å². The number of rotatable bonds is 5. The lowest BCUT2D eigenvalue weighted by Crippen LogP contribution is -2.14. The molecule has 6 heteroatoms. The highest BCUT2D eigenvalue weighted by Crippen LogP contribution is 2.05. The van der Waals surface area contributed by atoms with E-state index in [1.165, 1.54) is 6.33 Å². The molecule has 0 aliphatic rings. The third-order valence-electron chi connectivity index (χ3n) is 2.44. The summed E-state index contributed by atoms with van der Waals surface area (Å²) in [4.78, 5) is 7.92. The maximum Gasteiger partial charge on any atom is 0.137 e. The number of amidine groups is 1. The first-order chi connectivity index (χ1) is 8.79. The number of hydrogen-bond acceptors (Lipinski definition) is 4. The third kappa shape index (κ3) is 3.14. The summed E-state index contributed by atoms with van der Waals surface area (Å²) in [5.74, 6) is 0.441. The highest BCUT2D eigenvalue weighted by molar-refractivity contribution is 5.97. The van der Waals surface area contributed by atoms with Gasteiger partial charge in [-0.3, -0.25) is 4.99 Å². The molecule has 0 spiro atoms. The summed E-state index contributed by atoms with van der Waals surface area (Å²) in [6, 6.07) is 7.75. The van der Waals surface area contributed by atoms with Crippen LogP contribution < -0.4 is 5.73 Å². The molecule has 3 N–H and O–H groups in total. The summed E-state index contributed by atoms with van der Waals surface area (Å²) in [6.45, 7) is 1.01. The molecule has 0 unspecified atom stereocenters. The van der Waals surface area contributed by atoms with E-state index in [0.29, 0.717) is 18.9 Å². The predicted octanol–water partition coefficient (Wildman–Crippen LogP) is 0.0240. The topological polar surface area (TPSA) is 89.3 Å². The van der Waals surface area contributed by atoms with Gasteiger partial charge < -0.3 is 10.8 Å². The van der Waals surface area contributed by atoms with Crippen molar-refractivity contribution in [1.29, 1.82) is 0 Å². The number of hydrogen-bond donors (Lipinski definition) is 2. The van der Waals surface area contributed by atoms with Gasteiger partial charge in [0.2, 0.25) is 0 Å². The second-order valence-corrected chi connectivity index (χ2v) is 3.78. The number of nitrogens with zero attached hydrogens (tertiary/aromatic N) is 4. The zero-order valence-electron chi connectivity index (χ0n) is 9.90. The molecule has 1 heterocycles. The highest BCUT2D eigenvalue weighted by Gasteiger charge is 1.99. The molecule has 0 aliphatic carbocycles. The molecule has 0 aliphatic heterocycles. The van der Waals surface area contributed by atoms with Crippen LogP contribution in [0.15, 0.2) is 41.9 Å². The van der Waals surface area contributed by atoms with Crippen molar-refractivity contribution in [2.45, 2.75) is 6.54 Å². The summed E-state index contributed by atoms with van der Waals surface area (Å²) < 4.78 is 1.75. The van der Waals surface area contributed by atoms with Crippen molar-refractivity contribution >= 4 is 5.84 Å². The van der Waals surface area contributed by atoms with E-state index in [1.807, 2.05) is 24.3 Å². The molecule has 0 bridgehead atoms. The van der Waals surface area contributed by atoms with Crippen LogP contribution in [0.1, 0.15) is 11.1 Å². The molecule has 18 heavy (non-hydrogen) atoms.